The number of anilines is 1. The fourth-order valence-electron chi connectivity index (χ4n) is 1.76. The molecule has 1 aromatic carbocycles. The Morgan fingerprint density at radius 1 is 1.29 bits per heavy atom. The molecule has 21 heavy (non-hydrogen) atoms. The van der Waals surface area contributed by atoms with E-state index in [4.69, 9.17) is 4.42 Å². The van der Waals surface area contributed by atoms with Gasteiger partial charge in [-0.1, -0.05) is 11.8 Å². The maximum absolute atomic E-state index is 11.9. The minimum absolute atomic E-state index is 0.187. The van der Waals surface area contributed by atoms with Crippen molar-refractivity contribution in [1.29, 1.82) is 0 Å². The highest BCUT2D eigenvalue weighted by atomic mass is 32.2. The van der Waals surface area contributed by atoms with Gasteiger partial charge in [0.05, 0.1) is 11.8 Å². The maximum atomic E-state index is 11.9. The van der Waals surface area contributed by atoms with Crippen LogP contribution in [0.2, 0.25) is 0 Å². The summed E-state index contributed by atoms with van der Waals surface area (Å²) in [6, 6.07) is 9.25. The molecule has 0 unspecified atom stereocenters. The smallest absolute Gasteiger partial charge is 0.258 e. The van der Waals surface area contributed by atoms with E-state index in [1.165, 1.54) is 12.5 Å². The highest BCUT2D eigenvalue weighted by Crippen LogP contribution is 2.26. The van der Waals surface area contributed by atoms with E-state index >= 15 is 0 Å². The monoisotopic (exact) mass is 299 g/mol. The summed E-state index contributed by atoms with van der Waals surface area (Å²) in [5, 5.41) is 3.73. The van der Waals surface area contributed by atoms with E-state index in [2.05, 4.69) is 10.3 Å². The summed E-state index contributed by atoms with van der Waals surface area (Å²) in [5.41, 5.74) is 1.24. The van der Waals surface area contributed by atoms with Gasteiger partial charge < -0.3 is 14.3 Å². The SMILES string of the molecule is Cn1ccnc1Sc1ccc(NC(=O)c2ccoc2)cc1. The van der Waals surface area contributed by atoms with Crippen LogP contribution in [0.3, 0.4) is 0 Å². The van der Waals surface area contributed by atoms with Crippen molar-refractivity contribution in [2.75, 3.05) is 5.32 Å². The summed E-state index contributed by atoms with van der Waals surface area (Å²) in [6.45, 7) is 0. The third kappa shape index (κ3) is 3.17. The van der Waals surface area contributed by atoms with Gasteiger partial charge in [0.2, 0.25) is 0 Å². The zero-order valence-corrected chi connectivity index (χ0v) is 12.1. The lowest BCUT2D eigenvalue weighted by atomic mass is 10.3. The largest absolute Gasteiger partial charge is 0.472 e. The standard InChI is InChI=1S/C15H13N3O2S/c1-18-8-7-16-15(18)21-13-4-2-12(3-5-13)17-14(19)11-6-9-20-10-11/h2-10H,1H3,(H,17,19). The topological polar surface area (TPSA) is 60.1 Å². The molecule has 6 heteroatoms. The lowest BCUT2D eigenvalue weighted by molar-refractivity contribution is 0.102. The van der Waals surface area contributed by atoms with Gasteiger partial charge in [0.1, 0.15) is 6.26 Å². The molecule has 0 saturated carbocycles. The summed E-state index contributed by atoms with van der Waals surface area (Å²) in [7, 11) is 1.95. The quantitative estimate of drug-likeness (QED) is 0.802. The first-order valence-corrected chi connectivity index (χ1v) is 7.13. The van der Waals surface area contributed by atoms with Crippen molar-refractivity contribution in [3.05, 3.63) is 60.8 Å². The Bertz CT molecular complexity index is 733. The van der Waals surface area contributed by atoms with E-state index in [9.17, 15) is 4.79 Å². The van der Waals surface area contributed by atoms with Crippen LogP contribution in [0, 0.1) is 0 Å². The fraction of sp³-hybridized carbons (Fsp3) is 0.0667. The molecule has 0 aliphatic heterocycles. The zero-order chi connectivity index (χ0) is 14.7. The number of carbonyl (C=O) groups excluding carboxylic acids is 1. The third-order valence-electron chi connectivity index (χ3n) is 2.88. The van der Waals surface area contributed by atoms with Crippen LogP contribution >= 0.6 is 11.8 Å². The third-order valence-corrected chi connectivity index (χ3v) is 3.97. The number of benzene rings is 1. The van der Waals surface area contributed by atoms with Crippen LogP contribution in [0.5, 0.6) is 0 Å². The number of amides is 1. The van der Waals surface area contributed by atoms with Crippen LogP contribution < -0.4 is 5.32 Å². The average Bonchev–Trinajstić information content (AvgIpc) is 3.14. The summed E-state index contributed by atoms with van der Waals surface area (Å²) in [5.74, 6) is -0.187. The molecule has 0 bridgehead atoms. The van der Waals surface area contributed by atoms with Gasteiger partial charge in [0.15, 0.2) is 5.16 Å². The Labute approximate surface area is 126 Å². The number of hydrogen-bond donors (Lipinski definition) is 1. The second kappa shape index (κ2) is 5.88. The van der Waals surface area contributed by atoms with Gasteiger partial charge >= 0.3 is 0 Å². The van der Waals surface area contributed by atoms with Crippen LogP contribution in [0.15, 0.2) is 69.7 Å². The van der Waals surface area contributed by atoms with E-state index in [0.29, 0.717) is 5.56 Å². The molecule has 0 aliphatic carbocycles. The molecule has 3 rings (SSSR count). The van der Waals surface area contributed by atoms with Crippen molar-refractivity contribution in [3.63, 3.8) is 0 Å². The molecule has 0 spiro atoms. The number of imidazole rings is 1. The van der Waals surface area contributed by atoms with Crippen molar-refractivity contribution in [3.8, 4) is 0 Å². The van der Waals surface area contributed by atoms with Crippen LogP contribution in [0.4, 0.5) is 5.69 Å². The van der Waals surface area contributed by atoms with Gasteiger partial charge in [0.25, 0.3) is 5.91 Å². The highest BCUT2D eigenvalue weighted by molar-refractivity contribution is 7.99. The number of aromatic nitrogens is 2. The lowest BCUT2D eigenvalue weighted by Crippen LogP contribution is -2.10. The first kappa shape index (κ1) is 13.5. The molecule has 1 N–H and O–H groups in total. The van der Waals surface area contributed by atoms with Gasteiger partial charge in [-0.3, -0.25) is 4.79 Å². The lowest BCUT2D eigenvalue weighted by Gasteiger charge is -2.05. The molecule has 106 valence electrons. The van der Waals surface area contributed by atoms with Crippen molar-refractivity contribution < 1.29 is 9.21 Å². The Kier molecular flexibility index (Phi) is 3.79. The average molecular weight is 299 g/mol. The molecule has 2 aromatic heterocycles. The van der Waals surface area contributed by atoms with Crippen molar-refractivity contribution in [1.82, 2.24) is 9.55 Å². The van der Waals surface area contributed by atoms with Crippen molar-refractivity contribution >= 4 is 23.4 Å². The van der Waals surface area contributed by atoms with Crippen molar-refractivity contribution in [2.45, 2.75) is 10.1 Å². The second-order valence-electron chi connectivity index (χ2n) is 4.41. The molecular weight excluding hydrogens is 286 g/mol. The molecule has 5 nitrogen and oxygen atoms in total. The molecule has 0 radical (unpaired) electrons. The molecular formula is C15H13N3O2S. The molecule has 1 amide bonds. The van der Waals surface area contributed by atoms with E-state index < -0.39 is 0 Å². The van der Waals surface area contributed by atoms with Crippen LogP contribution in [-0.2, 0) is 7.05 Å². The Hall–Kier alpha value is -2.47. The van der Waals surface area contributed by atoms with Gasteiger partial charge in [-0.2, -0.15) is 0 Å². The number of rotatable bonds is 4. The Balaban J connectivity index is 1.67. The van der Waals surface area contributed by atoms with E-state index in [0.717, 1.165) is 15.7 Å². The normalized spacial score (nSPS) is 10.5. The summed E-state index contributed by atoms with van der Waals surface area (Å²) < 4.78 is 6.85. The Morgan fingerprint density at radius 3 is 2.71 bits per heavy atom. The molecule has 0 atom stereocenters. The molecule has 0 aliphatic rings. The summed E-state index contributed by atoms with van der Waals surface area (Å²) >= 11 is 1.57. The number of carbonyl (C=O) groups is 1. The number of furan rings is 1. The summed E-state index contributed by atoms with van der Waals surface area (Å²) in [6.07, 6.45) is 6.56. The predicted octanol–water partition coefficient (Wildman–Crippen LogP) is 3.42. The van der Waals surface area contributed by atoms with Crippen molar-refractivity contribution in [2.24, 2.45) is 7.05 Å². The zero-order valence-electron chi connectivity index (χ0n) is 11.3. The van der Waals surface area contributed by atoms with Gasteiger partial charge in [-0.15, -0.1) is 0 Å². The molecule has 2 heterocycles. The molecule has 0 fully saturated rings. The summed E-state index contributed by atoms with van der Waals surface area (Å²) in [4.78, 5) is 17.2. The van der Waals surface area contributed by atoms with Crippen LogP contribution in [0.25, 0.3) is 0 Å². The molecule has 3 aromatic rings. The second-order valence-corrected chi connectivity index (χ2v) is 5.45. The van der Waals surface area contributed by atoms with Gasteiger partial charge in [-0.05, 0) is 30.3 Å². The van der Waals surface area contributed by atoms with E-state index in [1.54, 1.807) is 24.0 Å². The Morgan fingerprint density at radius 2 is 2.10 bits per heavy atom. The number of nitrogens with one attached hydrogen (secondary N) is 1. The van der Waals surface area contributed by atoms with Gasteiger partial charge in [0, 0.05) is 30.0 Å². The van der Waals surface area contributed by atoms with Crippen LogP contribution in [-0.4, -0.2) is 15.5 Å². The van der Waals surface area contributed by atoms with Crippen LogP contribution in [0.1, 0.15) is 10.4 Å². The molecule has 0 saturated heterocycles. The highest BCUT2D eigenvalue weighted by Gasteiger charge is 2.07. The minimum Gasteiger partial charge on any atom is -0.472 e. The van der Waals surface area contributed by atoms with E-state index in [-0.39, 0.29) is 5.91 Å². The predicted molar refractivity (Wildman–Crippen MR) is 80.4 cm³/mol. The maximum Gasteiger partial charge on any atom is 0.258 e. The number of hydrogen-bond acceptors (Lipinski definition) is 4. The minimum atomic E-state index is -0.187. The fourth-order valence-corrected chi connectivity index (χ4v) is 2.56. The number of nitrogens with zero attached hydrogens (tertiary/aromatic N) is 2. The first-order chi connectivity index (χ1) is 10.2. The van der Waals surface area contributed by atoms with Gasteiger partial charge in [-0.25, -0.2) is 4.98 Å². The number of aryl methyl sites for hydroxylation is 1. The first-order valence-electron chi connectivity index (χ1n) is 6.31. The van der Waals surface area contributed by atoms with E-state index in [1.807, 2.05) is 42.1 Å².